The number of carbonyl (C=O) groups excluding carboxylic acids is 3. The summed E-state index contributed by atoms with van der Waals surface area (Å²) >= 11 is 0. The number of hydrogen-bond acceptors (Lipinski definition) is 6. The molecule has 9 nitrogen and oxygen atoms in total. The molecule has 41 heavy (non-hydrogen) atoms. The van der Waals surface area contributed by atoms with Crippen LogP contribution in [-0.2, 0) is 38.1 Å². The van der Waals surface area contributed by atoms with Crippen molar-refractivity contribution >= 4 is 23.6 Å². The number of amides is 2. The lowest BCUT2D eigenvalue weighted by atomic mass is 10.1. The first kappa shape index (κ1) is 31.4. The third kappa shape index (κ3) is 9.48. The van der Waals surface area contributed by atoms with Gasteiger partial charge in [-0.2, -0.15) is 26.3 Å². The van der Waals surface area contributed by atoms with E-state index in [1.165, 1.54) is 4.90 Å². The summed E-state index contributed by atoms with van der Waals surface area (Å²) in [6.45, 7) is -0.596. The number of halogens is 6. The van der Waals surface area contributed by atoms with Crippen molar-refractivity contribution in [2.24, 2.45) is 0 Å². The van der Waals surface area contributed by atoms with Crippen molar-refractivity contribution in [2.45, 2.75) is 31.4 Å². The van der Waals surface area contributed by atoms with Gasteiger partial charge < -0.3 is 20.1 Å². The first-order chi connectivity index (χ1) is 19.1. The Labute approximate surface area is 229 Å². The number of piperazine rings is 1. The van der Waals surface area contributed by atoms with Crippen LogP contribution in [-0.4, -0.2) is 77.3 Å². The summed E-state index contributed by atoms with van der Waals surface area (Å²) in [5, 5.41) is 11.3. The third-order valence-corrected chi connectivity index (χ3v) is 6.03. The molecular weight excluding hydrogens is 564 g/mol. The number of carboxylic acid groups (broad SMARTS) is 1. The Morgan fingerprint density at radius 3 is 2.10 bits per heavy atom. The molecule has 1 heterocycles. The topological polar surface area (TPSA) is 116 Å². The lowest BCUT2D eigenvalue weighted by Gasteiger charge is -2.34. The molecule has 1 saturated heterocycles. The van der Waals surface area contributed by atoms with Crippen molar-refractivity contribution in [1.29, 1.82) is 0 Å². The van der Waals surface area contributed by atoms with E-state index in [1.807, 2.05) is 30.3 Å². The van der Waals surface area contributed by atoms with Gasteiger partial charge in [-0.05, 0) is 23.8 Å². The molecule has 2 aromatic carbocycles. The maximum Gasteiger partial charge on any atom is 0.416 e. The molecule has 0 aliphatic carbocycles. The van der Waals surface area contributed by atoms with E-state index in [-0.39, 0.29) is 37.2 Å². The van der Waals surface area contributed by atoms with Gasteiger partial charge in [0, 0.05) is 19.6 Å². The Balaban J connectivity index is 1.59. The average molecular weight is 589 g/mol. The average Bonchev–Trinajstić information content (AvgIpc) is 2.87. The molecule has 2 N–H and O–H groups in total. The number of hydrogen-bond donors (Lipinski definition) is 2. The van der Waals surface area contributed by atoms with E-state index in [0.29, 0.717) is 19.6 Å². The normalized spacial score (nSPS) is 15.4. The maximum atomic E-state index is 13.1. The SMILES string of the molecule is O=C(O)CC(NC(=O)CN1CCN(Cc2ccccc2)C(=O)C1)C(=O)COc1cc(C(F)(F)F)cc(C(F)(F)F)c1. The van der Waals surface area contributed by atoms with E-state index in [4.69, 9.17) is 9.84 Å². The Morgan fingerprint density at radius 2 is 1.56 bits per heavy atom. The van der Waals surface area contributed by atoms with E-state index in [9.17, 15) is 45.5 Å². The van der Waals surface area contributed by atoms with Gasteiger partial charge in [-0.1, -0.05) is 30.3 Å². The molecule has 1 atom stereocenters. The highest BCUT2D eigenvalue weighted by molar-refractivity contribution is 5.93. The van der Waals surface area contributed by atoms with E-state index in [1.54, 1.807) is 4.90 Å². The second-order valence-electron chi connectivity index (χ2n) is 9.23. The number of carbonyl (C=O) groups is 4. The summed E-state index contributed by atoms with van der Waals surface area (Å²) in [6, 6.07) is 7.95. The van der Waals surface area contributed by atoms with Gasteiger partial charge in [0.15, 0.2) is 5.78 Å². The molecule has 2 aromatic rings. The van der Waals surface area contributed by atoms with E-state index < -0.39 is 66.0 Å². The molecule has 0 spiro atoms. The Morgan fingerprint density at radius 1 is 0.951 bits per heavy atom. The van der Waals surface area contributed by atoms with E-state index in [0.717, 1.165) is 5.56 Å². The number of nitrogens with zero attached hydrogens (tertiary/aromatic N) is 2. The van der Waals surface area contributed by atoms with Crippen molar-refractivity contribution in [2.75, 3.05) is 32.8 Å². The molecule has 1 aliphatic rings. The molecule has 3 rings (SSSR count). The Bertz CT molecular complexity index is 1240. The zero-order valence-electron chi connectivity index (χ0n) is 21.3. The van der Waals surface area contributed by atoms with Crippen LogP contribution in [0, 0.1) is 0 Å². The second kappa shape index (κ2) is 13.0. The number of Topliss-reactive ketones (excluding diaryl/α,β-unsaturated/α-hetero) is 1. The predicted octanol–water partition coefficient (Wildman–Crippen LogP) is 2.98. The lowest BCUT2D eigenvalue weighted by Crippen LogP contribution is -2.54. The summed E-state index contributed by atoms with van der Waals surface area (Å²) < 4.78 is 83.2. The fraction of sp³-hybridized carbons (Fsp3) is 0.385. The third-order valence-electron chi connectivity index (χ3n) is 6.03. The van der Waals surface area contributed by atoms with E-state index >= 15 is 0 Å². The highest BCUT2D eigenvalue weighted by Crippen LogP contribution is 2.38. The Hall–Kier alpha value is -4.14. The van der Waals surface area contributed by atoms with Gasteiger partial charge in [0.1, 0.15) is 18.4 Å². The van der Waals surface area contributed by atoms with E-state index in [2.05, 4.69) is 5.32 Å². The first-order valence-corrected chi connectivity index (χ1v) is 12.1. The van der Waals surface area contributed by atoms with Crippen LogP contribution in [0.5, 0.6) is 5.75 Å². The summed E-state index contributed by atoms with van der Waals surface area (Å²) in [7, 11) is 0. The zero-order valence-corrected chi connectivity index (χ0v) is 21.3. The molecule has 1 fully saturated rings. The fourth-order valence-corrected chi connectivity index (χ4v) is 3.99. The highest BCUT2D eigenvalue weighted by atomic mass is 19.4. The van der Waals surface area contributed by atoms with Crippen molar-refractivity contribution < 1.29 is 55.4 Å². The lowest BCUT2D eigenvalue weighted by molar-refractivity contribution is -0.144. The van der Waals surface area contributed by atoms with Gasteiger partial charge in [-0.25, -0.2) is 0 Å². The van der Waals surface area contributed by atoms with Gasteiger partial charge in [-0.3, -0.25) is 24.1 Å². The van der Waals surface area contributed by atoms with Crippen LogP contribution in [0.4, 0.5) is 26.3 Å². The van der Waals surface area contributed by atoms with Crippen LogP contribution in [0.2, 0.25) is 0 Å². The molecule has 222 valence electrons. The van der Waals surface area contributed by atoms with Crippen LogP contribution in [0.15, 0.2) is 48.5 Å². The number of ether oxygens (including phenoxy) is 1. The fourth-order valence-electron chi connectivity index (χ4n) is 3.99. The summed E-state index contributed by atoms with van der Waals surface area (Å²) in [6.07, 6.45) is -11.2. The molecule has 0 bridgehead atoms. The largest absolute Gasteiger partial charge is 0.486 e. The number of carboxylic acids is 1. The molecule has 2 amide bonds. The number of nitrogens with one attached hydrogen (secondary N) is 1. The molecule has 0 aromatic heterocycles. The highest BCUT2D eigenvalue weighted by Gasteiger charge is 2.37. The van der Waals surface area contributed by atoms with Crippen LogP contribution in [0.1, 0.15) is 23.1 Å². The van der Waals surface area contributed by atoms with Crippen molar-refractivity contribution in [3.05, 3.63) is 65.2 Å². The monoisotopic (exact) mass is 589 g/mol. The van der Waals surface area contributed by atoms with Gasteiger partial charge in [0.25, 0.3) is 0 Å². The number of ketones is 1. The van der Waals surface area contributed by atoms with Crippen molar-refractivity contribution in [3.63, 3.8) is 0 Å². The quantitative estimate of drug-likeness (QED) is 0.388. The minimum atomic E-state index is -5.14. The van der Waals surface area contributed by atoms with Crippen LogP contribution >= 0.6 is 0 Å². The number of aliphatic carboxylic acids is 1. The molecule has 1 aliphatic heterocycles. The first-order valence-electron chi connectivity index (χ1n) is 12.1. The van der Waals surface area contributed by atoms with Gasteiger partial charge >= 0.3 is 18.3 Å². The minimum Gasteiger partial charge on any atom is -0.486 e. The standard InChI is InChI=1S/C26H25F6N3O6/c27-25(28,29)17-8-18(26(30,31)32)10-19(9-17)41-15-21(36)20(11-24(39)40)33-22(37)13-34-6-7-35(23(38)14-34)12-16-4-2-1-3-5-16/h1-5,8-10,20H,6-7,11-15H2,(H,33,37)(H,39,40). The van der Waals surface area contributed by atoms with Gasteiger partial charge in [0.2, 0.25) is 11.8 Å². The Kier molecular flexibility index (Phi) is 9.97. The van der Waals surface area contributed by atoms with Crippen molar-refractivity contribution in [3.8, 4) is 5.75 Å². The number of alkyl halides is 6. The molecule has 0 radical (unpaired) electrons. The maximum absolute atomic E-state index is 13.1. The van der Waals surface area contributed by atoms with Gasteiger partial charge in [0.05, 0.1) is 30.6 Å². The minimum absolute atomic E-state index is 0.113. The molecule has 0 saturated carbocycles. The van der Waals surface area contributed by atoms with Crippen LogP contribution < -0.4 is 10.1 Å². The zero-order chi connectivity index (χ0) is 30.4. The summed E-state index contributed by atoms with van der Waals surface area (Å²) in [5.41, 5.74) is -2.41. The van der Waals surface area contributed by atoms with Gasteiger partial charge in [-0.15, -0.1) is 0 Å². The summed E-state index contributed by atoms with van der Waals surface area (Å²) in [4.78, 5) is 52.0. The van der Waals surface area contributed by atoms with Crippen LogP contribution in [0.3, 0.4) is 0 Å². The molecule has 1 unspecified atom stereocenters. The number of benzene rings is 2. The molecule has 15 heteroatoms. The summed E-state index contributed by atoms with van der Waals surface area (Å²) in [5.74, 6) is -4.60. The second-order valence-corrected chi connectivity index (χ2v) is 9.23. The van der Waals surface area contributed by atoms with Crippen LogP contribution in [0.25, 0.3) is 0 Å². The van der Waals surface area contributed by atoms with Crippen molar-refractivity contribution in [1.82, 2.24) is 15.1 Å². The smallest absolute Gasteiger partial charge is 0.416 e. The predicted molar refractivity (Wildman–Crippen MR) is 129 cm³/mol. The number of rotatable bonds is 11. The molecular formula is C26H25F6N3O6.